The van der Waals surface area contributed by atoms with Gasteiger partial charge in [-0.3, -0.25) is 0 Å². The predicted molar refractivity (Wildman–Crippen MR) is 217 cm³/mol. The number of hydrogen-bond acceptors (Lipinski definition) is 14. The molecule has 14 heteroatoms. The van der Waals surface area contributed by atoms with E-state index in [1.165, 1.54) is 0 Å². The number of aliphatic hydroxyl groups is 4. The second-order valence-electron chi connectivity index (χ2n) is 16.5. The summed E-state index contributed by atoms with van der Waals surface area (Å²) >= 11 is 0. The van der Waals surface area contributed by atoms with E-state index in [4.69, 9.17) is 23.7 Å². The number of aliphatic hydroxyl groups excluding tert-OH is 4. The third-order valence-corrected chi connectivity index (χ3v) is 12.8. The smallest absolute Gasteiger partial charge is 0.229 e. The van der Waals surface area contributed by atoms with E-state index in [2.05, 4.69) is 0 Å². The Morgan fingerprint density at radius 3 is 1.23 bits per heavy atom. The van der Waals surface area contributed by atoms with Crippen LogP contribution < -0.4 is 18.9 Å². The molecule has 9 N–H and O–H groups in total. The van der Waals surface area contributed by atoms with Crippen molar-refractivity contribution in [3.8, 4) is 51.7 Å². The molecule has 1 aliphatic carbocycles. The van der Waals surface area contributed by atoms with Crippen molar-refractivity contribution in [3.63, 3.8) is 0 Å². The average Bonchev–Trinajstić information content (AvgIpc) is 3.96. The highest BCUT2D eigenvalue weighted by Gasteiger charge is 2.53. The summed E-state index contributed by atoms with van der Waals surface area (Å²) in [5, 5.41) is 96.4. The summed E-state index contributed by atoms with van der Waals surface area (Å²) in [7, 11) is 0. The Hall–Kier alpha value is -6.68. The van der Waals surface area contributed by atoms with Crippen LogP contribution in [0.5, 0.6) is 51.7 Å². The molecular formula is C48H40O14. The predicted octanol–water partition coefficient (Wildman–Crippen LogP) is 5.50. The molecule has 14 nitrogen and oxygen atoms in total. The lowest BCUT2D eigenvalue weighted by molar-refractivity contribution is -0.277. The molecule has 62 heavy (non-hydrogen) atoms. The molecular weight excluding hydrogens is 801 g/mol. The van der Waals surface area contributed by atoms with Gasteiger partial charge in [0.05, 0.1) is 24.4 Å². The van der Waals surface area contributed by atoms with E-state index >= 15 is 0 Å². The fraction of sp³-hybridized carbons (Fsp3) is 0.250. The molecule has 0 saturated carbocycles. The van der Waals surface area contributed by atoms with E-state index in [-0.39, 0.29) is 34.5 Å². The first kappa shape index (κ1) is 38.3. The molecule has 1 saturated heterocycles. The fourth-order valence-corrected chi connectivity index (χ4v) is 10.1. The maximum absolute atomic E-state index is 11.5. The molecule has 11 atom stereocenters. The van der Waals surface area contributed by atoms with Gasteiger partial charge in [-0.2, -0.15) is 0 Å². The van der Waals surface area contributed by atoms with Gasteiger partial charge in [0.25, 0.3) is 0 Å². The number of ether oxygens (including phenoxy) is 5. The third kappa shape index (κ3) is 5.90. The minimum Gasteiger partial charge on any atom is -0.508 e. The van der Waals surface area contributed by atoms with Crippen LogP contribution in [-0.4, -0.2) is 83.3 Å². The lowest BCUT2D eigenvalue weighted by Gasteiger charge is -2.39. The molecule has 1 fully saturated rings. The quantitative estimate of drug-likeness (QED) is 0.101. The largest absolute Gasteiger partial charge is 0.508 e. The summed E-state index contributed by atoms with van der Waals surface area (Å²) in [5.41, 5.74) is 6.14. The van der Waals surface area contributed by atoms with E-state index in [0.29, 0.717) is 61.8 Å². The molecule has 0 unspecified atom stereocenters. The molecule has 6 aromatic rings. The third-order valence-electron chi connectivity index (χ3n) is 12.8. The molecule has 4 heterocycles. The van der Waals surface area contributed by atoms with Gasteiger partial charge in [-0.15, -0.1) is 0 Å². The van der Waals surface area contributed by atoms with Crippen molar-refractivity contribution in [3.05, 3.63) is 159 Å². The fourth-order valence-electron chi connectivity index (χ4n) is 10.1. The summed E-state index contributed by atoms with van der Waals surface area (Å²) in [4.78, 5) is 0. The lowest BCUT2D eigenvalue weighted by Crippen LogP contribution is -2.60. The van der Waals surface area contributed by atoms with Gasteiger partial charge in [0.2, 0.25) is 6.29 Å². The van der Waals surface area contributed by atoms with Gasteiger partial charge in [-0.25, -0.2) is 0 Å². The van der Waals surface area contributed by atoms with E-state index in [9.17, 15) is 46.0 Å². The molecule has 5 aliphatic rings. The van der Waals surface area contributed by atoms with Crippen molar-refractivity contribution in [2.24, 2.45) is 0 Å². The molecule has 0 spiro atoms. The van der Waals surface area contributed by atoms with Gasteiger partial charge in [0, 0.05) is 34.9 Å². The zero-order valence-electron chi connectivity index (χ0n) is 32.5. The highest BCUT2D eigenvalue weighted by molar-refractivity contribution is 5.70. The van der Waals surface area contributed by atoms with Gasteiger partial charge < -0.3 is 69.6 Å². The van der Waals surface area contributed by atoms with Crippen molar-refractivity contribution in [2.45, 2.75) is 66.8 Å². The monoisotopic (exact) mass is 840 g/mol. The van der Waals surface area contributed by atoms with Crippen molar-refractivity contribution in [1.29, 1.82) is 0 Å². The lowest BCUT2D eigenvalue weighted by atomic mass is 9.76. The van der Waals surface area contributed by atoms with Gasteiger partial charge >= 0.3 is 0 Å². The Labute approximate surface area is 353 Å². The van der Waals surface area contributed by atoms with E-state index < -0.39 is 73.4 Å². The summed E-state index contributed by atoms with van der Waals surface area (Å²) in [6, 6.07) is 29.8. The van der Waals surface area contributed by atoms with Crippen LogP contribution in [0.4, 0.5) is 0 Å². The van der Waals surface area contributed by atoms with E-state index in [1.807, 2.05) is 0 Å². The Morgan fingerprint density at radius 2 is 0.823 bits per heavy atom. The molecule has 0 radical (unpaired) electrons. The van der Waals surface area contributed by atoms with Gasteiger partial charge in [0.1, 0.15) is 94.5 Å². The maximum atomic E-state index is 11.5. The highest BCUT2D eigenvalue weighted by Crippen LogP contribution is 2.66. The van der Waals surface area contributed by atoms with Crippen LogP contribution >= 0.6 is 0 Å². The van der Waals surface area contributed by atoms with Crippen molar-refractivity contribution >= 4 is 0 Å². The van der Waals surface area contributed by atoms with Crippen LogP contribution in [0.2, 0.25) is 0 Å². The highest BCUT2D eigenvalue weighted by atomic mass is 16.7. The van der Waals surface area contributed by atoms with Crippen LogP contribution in [0.25, 0.3) is 0 Å². The van der Waals surface area contributed by atoms with Crippen LogP contribution in [0.1, 0.15) is 86.1 Å². The Kier molecular flexibility index (Phi) is 8.76. The second-order valence-corrected chi connectivity index (χ2v) is 16.5. The Morgan fingerprint density at radius 1 is 0.435 bits per heavy atom. The first-order valence-electron chi connectivity index (χ1n) is 20.2. The zero-order valence-corrected chi connectivity index (χ0v) is 32.5. The molecule has 11 rings (SSSR count). The SMILES string of the molecule is OC[C@H]1O[C@@H](Oc2cc3c4c(c2)[C@@H]2c5c(cc(O)cc5[C@@H]5c6c(cc(O)cc6[C@@H]4[C@H](c4ccc(O)cc4)O3)O[C@H]5c3ccc(O)cc3)O[C@@H]2c2ccc(O)cc2)[C@H](O)[C@@H](O)[C@@H]1O. The van der Waals surface area contributed by atoms with Crippen LogP contribution in [0.15, 0.2) is 109 Å². The van der Waals surface area contributed by atoms with Crippen LogP contribution in [0.3, 0.4) is 0 Å². The number of rotatable bonds is 6. The molecule has 6 aromatic carbocycles. The van der Waals surface area contributed by atoms with Crippen LogP contribution in [0, 0.1) is 0 Å². The van der Waals surface area contributed by atoms with Gasteiger partial charge in [0.15, 0.2) is 0 Å². The zero-order chi connectivity index (χ0) is 42.7. The Balaban J connectivity index is 1.21. The Bertz CT molecular complexity index is 2670. The summed E-state index contributed by atoms with van der Waals surface area (Å²) in [6.07, 6.45) is -10.1. The molecule has 316 valence electrons. The number of fused-ring (bicyclic) bond motifs is 3. The van der Waals surface area contributed by atoms with E-state index in [1.54, 1.807) is 109 Å². The normalized spacial score (nSPS) is 28.5. The molecule has 4 aliphatic heterocycles. The first-order valence-corrected chi connectivity index (χ1v) is 20.2. The average molecular weight is 841 g/mol. The summed E-state index contributed by atoms with van der Waals surface area (Å²) in [6.45, 7) is -0.663. The van der Waals surface area contributed by atoms with Crippen molar-refractivity contribution in [1.82, 2.24) is 0 Å². The minimum absolute atomic E-state index is 0.0423. The van der Waals surface area contributed by atoms with Gasteiger partial charge in [-0.05, 0) is 88.0 Å². The number of aromatic hydroxyl groups is 5. The maximum Gasteiger partial charge on any atom is 0.229 e. The number of phenols is 5. The molecule has 0 amide bonds. The van der Waals surface area contributed by atoms with Gasteiger partial charge in [-0.1, -0.05) is 36.4 Å². The first-order chi connectivity index (χ1) is 29.9. The number of benzene rings is 6. The molecule has 0 aromatic heterocycles. The number of hydrogen-bond donors (Lipinski definition) is 9. The topological polar surface area (TPSA) is 228 Å². The van der Waals surface area contributed by atoms with E-state index in [0.717, 1.165) is 5.56 Å². The van der Waals surface area contributed by atoms with Crippen LogP contribution in [-0.2, 0) is 4.74 Å². The summed E-state index contributed by atoms with van der Waals surface area (Å²) in [5.74, 6) is -0.752. The van der Waals surface area contributed by atoms with Crippen molar-refractivity contribution in [2.75, 3.05) is 6.61 Å². The standard InChI is InChI=1S/C48H40O14/c49-19-35-42(55)43(56)44(57)48(62-35)58-28-17-31-38-34(18-28)61-46(21-3-9-24(51)10-4-21)40(38)29-13-26(53)15-32-36(29)39(45(59-32)20-1-7-23(50)8-2-20)30-14-27(54)16-33-37(30)41(31)47(60-33)22-5-11-25(52)12-6-22/h1-18,35,39-57H,19H2/t35-,39-,40+,41-,42-,43+,44-,45+,46+,47-,48-/m1/s1. The summed E-state index contributed by atoms with van der Waals surface area (Å²) < 4.78 is 32.8. The molecule has 0 bridgehead atoms. The second kappa shape index (κ2) is 14.2. The van der Waals surface area contributed by atoms with Crippen molar-refractivity contribution < 1.29 is 69.6 Å². The minimum atomic E-state index is -1.72. The number of phenolic OH excluding ortho intramolecular Hbond substituents is 5.